The van der Waals surface area contributed by atoms with Gasteiger partial charge >= 0.3 is 0 Å². The Hall–Kier alpha value is -2.00. The van der Waals surface area contributed by atoms with Crippen LogP contribution < -0.4 is 10.4 Å². The monoisotopic (exact) mass is 448 g/mol. The third-order valence-corrected chi connectivity index (χ3v) is 8.12. The Morgan fingerprint density at radius 1 is 0.724 bits per heavy atom. The average Bonchev–Trinajstić information content (AvgIpc) is 2.68. The summed E-state index contributed by atoms with van der Waals surface area (Å²) in [6, 6.07) is 14.4. The van der Waals surface area contributed by atoms with Crippen LogP contribution >= 0.6 is 15.9 Å². The number of carbonyl (C=O) groups excluding carboxylic acids is 2. The van der Waals surface area contributed by atoms with E-state index in [0.29, 0.717) is 0 Å². The van der Waals surface area contributed by atoms with Crippen molar-refractivity contribution in [3.63, 3.8) is 0 Å². The molecule has 3 heteroatoms. The zero-order valence-corrected chi connectivity index (χ0v) is 18.8. The summed E-state index contributed by atoms with van der Waals surface area (Å²) in [4.78, 5) is 27.8. The van der Waals surface area contributed by atoms with Gasteiger partial charge in [0.05, 0.1) is 11.8 Å². The van der Waals surface area contributed by atoms with Crippen LogP contribution in [0.5, 0.6) is 0 Å². The molecule has 4 atom stereocenters. The molecule has 0 heterocycles. The smallest absolute Gasteiger partial charge is 0.145 e. The minimum absolute atomic E-state index is 0.217. The van der Waals surface area contributed by atoms with Crippen molar-refractivity contribution in [2.75, 3.05) is 0 Å². The Bertz CT molecular complexity index is 1190. The molecule has 1 fully saturated rings. The summed E-state index contributed by atoms with van der Waals surface area (Å²) in [7, 11) is 0. The molecule has 148 valence electrons. The van der Waals surface area contributed by atoms with E-state index in [1.54, 1.807) is 0 Å². The molecule has 2 aromatic rings. The highest BCUT2D eigenvalue weighted by atomic mass is 79.9. The predicted octanol–water partition coefficient (Wildman–Crippen LogP) is 3.91. The maximum atomic E-state index is 13.9. The fourth-order valence-electron chi connectivity index (χ4n) is 6.18. The molecular weight excluding hydrogens is 424 g/mol. The SMILES string of the molecule is CC1(C)c2ccccc2C(C)(C)C2C(=O)C3C=c4cc(Br)ccc4=CC3C(=O)C21. The molecule has 4 unspecified atom stereocenters. The van der Waals surface area contributed by atoms with Gasteiger partial charge in [-0.2, -0.15) is 0 Å². The molecule has 0 aliphatic heterocycles. The van der Waals surface area contributed by atoms with Crippen LogP contribution in [0, 0.1) is 23.7 Å². The van der Waals surface area contributed by atoms with E-state index >= 15 is 0 Å². The molecule has 0 aromatic heterocycles. The molecule has 3 aliphatic carbocycles. The van der Waals surface area contributed by atoms with Gasteiger partial charge in [-0.25, -0.2) is 0 Å². The quantitative estimate of drug-likeness (QED) is 0.612. The molecule has 0 amide bonds. The summed E-state index contributed by atoms with van der Waals surface area (Å²) < 4.78 is 0.986. The van der Waals surface area contributed by atoms with Gasteiger partial charge < -0.3 is 0 Å². The van der Waals surface area contributed by atoms with E-state index in [2.05, 4.69) is 55.8 Å². The molecule has 29 heavy (non-hydrogen) atoms. The largest absolute Gasteiger partial charge is 0.299 e. The molecule has 2 aromatic carbocycles. The summed E-state index contributed by atoms with van der Waals surface area (Å²) in [6.45, 7) is 8.56. The highest BCUT2D eigenvalue weighted by Crippen LogP contribution is 2.57. The van der Waals surface area contributed by atoms with Gasteiger partial charge in [0.25, 0.3) is 0 Å². The van der Waals surface area contributed by atoms with Crippen LogP contribution in [0.2, 0.25) is 0 Å². The van der Waals surface area contributed by atoms with Crippen molar-refractivity contribution in [1.82, 2.24) is 0 Å². The van der Waals surface area contributed by atoms with Crippen LogP contribution in [0.3, 0.4) is 0 Å². The Morgan fingerprint density at radius 2 is 1.21 bits per heavy atom. The van der Waals surface area contributed by atoms with Gasteiger partial charge in [0.1, 0.15) is 11.6 Å². The van der Waals surface area contributed by atoms with Crippen LogP contribution in [-0.4, -0.2) is 11.6 Å². The molecule has 2 nitrogen and oxygen atoms in total. The molecule has 5 rings (SSSR count). The number of rotatable bonds is 0. The summed E-state index contributed by atoms with van der Waals surface area (Å²) in [5.74, 6) is -0.906. The van der Waals surface area contributed by atoms with Gasteiger partial charge in [0.15, 0.2) is 0 Å². The van der Waals surface area contributed by atoms with Crippen molar-refractivity contribution in [3.05, 3.63) is 68.5 Å². The molecule has 0 bridgehead atoms. The lowest BCUT2D eigenvalue weighted by molar-refractivity contribution is -0.149. The zero-order chi connectivity index (χ0) is 20.7. The second kappa shape index (κ2) is 6.01. The topological polar surface area (TPSA) is 34.1 Å². The van der Waals surface area contributed by atoms with Crippen LogP contribution in [-0.2, 0) is 20.4 Å². The van der Waals surface area contributed by atoms with Crippen molar-refractivity contribution in [3.8, 4) is 0 Å². The van der Waals surface area contributed by atoms with Crippen molar-refractivity contribution < 1.29 is 9.59 Å². The van der Waals surface area contributed by atoms with E-state index in [9.17, 15) is 9.59 Å². The third kappa shape index (κ3) is 2.46. The minimum atomic E-state index is -0.375. The lowest BCUT2D eigenvalue weighted by atomic mass is 9.45. The second-order valence-corrected chi connectivity index (χ2v) is 10.8. The van der Waals surface area contributed by atoms with Crippen molar-refractivity contribution in [2.24, 2.45) is 23.7 Å². The van der Waals surface area contributed by atoms with E-state index in [1.165, 1.54) is 11.1 Å². The Kier molecular flexibility index (Phi) is 3.94. The van der Waals surface area contributed by atoms with E-state index in [1.807, 2.05) is 42.5 Å². The third-order valence-electron chi connectivity index (χ3n) is 7.63. The van der Waals surface area contributed by atoms with Crippen LogP contribution in [0.1, 0.15) is 38.8 Å². The number of hydrogen-bond acceptors (Lipinski definition) is 2. The van der Waals surface area contributed by atoms with Crippen molar-refractivity contribution in [1.29, 1.82) is 0 Å². The predicted molar refractivity (Wildman–Crippen MR) is 119 cm³/mol. The molecule has 0 saturated heterocycles. The lowest BCUT2D eigenvalue weighted by Crippen LogP contribution is -2.62. The number of ketones is 2. The first kappa shape index (κ1) is 19.0. The fourth-order valence-corrected chi connectivity index (χ4v) is 6.56. The molecule has 0 spiro atoms. The summed E-state index contributed by atoms with van der Waals surface area (Å²) in [5, 5.41) is 2.08. The van der Waals surface area contributed by atoms with Crippen LogP contribution in [0.25, 0.3) is 12.2 Å². The lowest BCUT2D eigenvalue weighted by Gasteiger charge is -2.55. The molecule has 0 N–H and O–H groups in total. The zero-order valence-electron chi connectivity index (χ0n) is 17.2. The van der Waals surface area contributed by atoms with E-state index < -0.39 is 0 Å². The minimum Gasteiger partial charge on any atom is -0.299 e. The molecular formula is C26H25BrO2. The first-order chi connectivity index (χ1) is 13.6. The van der Waals surface area contributed by atoms with E-state index in [4.69, 9.17) is 0 Å². The summed E-state index contributed by atoms with van der Waals surface area (Å²) in [5.41, 5.74) is 1.66. The van der Waals surface area contributed by atoms with Gasteiger partial charge in [-0.05, 0) is 33.7 Å². The number of Topliss-reactive ketones (excluding diaryl/α,β-unsaturated/α-hetero) is 2. The van der Waals surface area contributed by atoms with Gasteiger partial charge in [-0.15, -0.1) is 0 Å². The molecule has 1 saturated carbocycles. The fraction of sp³-hybridized carbons (Fsp3) is 0.385. The maximum Gasteiger partial charge on any atom is 0.145 e. The average molecular weight is 449 g/mol. The standard InChI is InChI=1S/C26H25BrO2/c1-25(2)19-7-5-6-8-20(19)26(3,4)22-21(25)23(28)17-12-14-9-10-16(27)11-15(14)13-18(17)24(22)29/h5-13,17-18,21-22H,1-4H3. The van der Waals surface area contributed by atoms with E-state index in [-0.39, 0.29) is 46.1 Å². The number of benzene rings is 2. The number of halogens is 1. The maximum absolute atomic E-state index is 13.9. The Labute approximate surface area is 179 Å². The first-order valence-electron chi connectivity index (χ1n) is 10.3. The number of fused-ring (bicyclic) bond motifs is 4. The molecule has 0 radical (unpaired) electrons. The van der Waals surface area contributed by atoms with Crippen LogP contribution in [0.4, 0.5) is 0 Å². The second-order valence-electron chi connectivity index (χ2n) is 9.91. The molecule has 3 aliphatic rings. The van der Waals surface area contributed by atoms with Gasteiger partial charge in [0, 0.05) is 27.1 Å². The van der Waals surface area contributed by atoms with Gasteiger partial charge in [-0.1, -0.05) is 86.1 Å². The van der Waals surface area contributed by atoms with Crippen molar-refractivity contribution >= 4 is 39.6 Å². The van der Waals surface area contributed by atoms with Gasteiger partial charge in [0.2, 0.25) is 0 Å². The van der Waals surface area contributed by atoms with Crippen LogP contribution in [0.15, 0.2) is 46.9 Å². The normalized spacial score (nSPS) is 30.8. The van der Waals surface area contributed by atoms with E-state index in [0.717, 1.165) is 14.9 Å². The Morgan fingerprint density at radius 3 is 1.72 bits per heavy atom. The summed E-state index contributed by atoms with van der Waals surface area (Å²) >= 11 is 3.53. The highest BCUT2D eigenvalue weighted by molar-refractivity contribution is 9.10. The van der Waals surface area contributed by atoms with Gasteiger partial charge in [-0.3, -0.25) is 9.59 Å². The summed E-state index contributed by atoms with van der Waals surface area (Å²) in [6.07, 6.45) is 4.07. The number of hydrogen-bond donors (Lipinski definition) is 0. The van der Waals surface area contributed by atoms with Crippen molar-refractivity contribution in [2.45, 2.75) is 38.5 Å². The Balaban J connectivity index is 1.75. The highest BCUT2D eigenvalue weighted by Gasteiger charge is 2.61. The number of carbonyl (C=O) groups is 2. The first-order valence-corrected chi connectivity index (χ1v) is 11.1.